The van der Waals surface area contributed by atoms with E-state index in [1.54, 1.807) is 11.8 Å². The van der Waals surface area contributed by atoms with Gasteiger partial charge in [0.05, 0.1) is 11.1 Å². The monoisotopic (exact) mass is 601 g/mol. The van der Waals surface area contributed by atoms with E-state index in [9.17, 15) is 9.59 Å². The molecule has 0 saturated carbocycles. The maximum absolute atomic E-state index is 14.0. The molecule has 2 atom stereocenters. The minimum Gasteiger partial charge on any atom is -0.490 e. The van der Waals surface area contributed by atoms with Gasteiger partial charge in [0.2, 0.25) is 5.91 Å². The fourth-order valence-electron chi connectivity index (χ4n) is 5.80. The summed E-state index contributed by atoms with van der Waals surface area (Å²) in [4.78, 5) is 29.9. The first kappa shape index (κ1) is 30.6. The van der Waals surface area contributed by atoms with E-state index in [1.165, 1.54) is 5.56 Å². The first-order valence-corrected chi connectivity index (χ1v) is 15.2. The molecule has 2 aliphatic rings. The zero-order valence-corrected chi connectivity index (χ0v) is 26.1. The van der Waals surface area contributed by atoms with Crippen molar-refractivity contribution in [2.45, 2.75) is 45.7 Å². The van der Waals surface area contributed by atoms with Gasteiger partial charge in [0.25, 0.3) is 5.91 Å². The van der Waals surface area contributed by atoms with E-state index in [-0.39, 0.29) is 23.9 Å². The predicted octanol–water partition coefficient (Wildman–Crippen LogP) is 5.46. The molecule has 3 aromatic rings. The third-order valence-electron chi connectivity index (χ3n) is 8.37. The van der Waals surface area contributed by atoms with Crippen molar-refractivity contribution in [1.29, 1.82) is 0 Å². The van der Waals surface area contributed by atoms with Crippen LogP contribution in [0.1, 0.15) is 35.6 Å². The van der Waals surface area contributed by atoms with Gasteiger partial charge in [-0.15, -0.1) is 0 Å². The van der Waals surface area contributed by atoms with E-state index in [1.807, 2.05) is 80.4 Å². The molecule has 1 fully saturated rings. The number of rotatable bonds is 10. The lowest BCUT2D eigenvalue weighted by atomic mass is 9.83. The molecule has 0 spiro atoms. The van der Waals surface area contributed by atoms with Crippen LogP contribution in [0.5, 0.6) is 11.5 Å². The Balaban J connectivity index is 1.30. The standard InChI is InChI=1S/C35H40ClN3O4/c1-23-18-31(36)33(19-24(23)2)43-17-16-42-29-12-10-27(11-13-29)30-20-28-21-39(25(3)40)22-32(37-28)34(30)35(41)38(4)15-14-26-8-6-5-7-9-26/h5-13,18-19,28,32,37H,14-17,20-22H2,1-4H3/t28-,32-/m1/s1. The van der Waals surface area contributed by atoms with Crippen molar-refractivity contribution >= 4 is 29.0 Å². The van der Waals surface area contributed by atoms with Crippen LogP contribution in [0.25, 0.3) is 5.57 Å². The van der Waals surface area contributed by atoms with Crippen LogP contribution in [-0.2, 0) is 16.0 Å². The molecule has 7 nitrogen and oxygen atoms in total. The molecule has 0 unspecified atom stereocenters. The number of carbonyl (C=O) groups is 2. The number of likely N-dealkylation sites (N-methyl/N-ethyl adjacent to an activating group) is 1. The highest BCUT2D eigenvalue weighted by Gasteiger charge is 2.39. The minimum absolute atomic E-state index is 0.00485. The molecule has 0 aromatic heterocycles. The van der Waals surface area contributed by atoms with Gasteiger partial charge in [-0.3, -0.25) is 9.59 Å². The Morgan fingerprint density at radius 3 is 2.40 bits per heavy atom. The fraction of sp³-hybridized carbons (Fsp3) is 0.371. The second-order valence-corrected chi connectivity index (χ2v) is 11.9. The zero-order valence-electron chi connectivity index (χ0n) is 25.4. The van der Waals surface area contributed by atoms with E-state index in [4.69, 9.17) is 21.1 Å². The Labute approximate surface area is 259 Å². The first-order valence-electron chi connectivity index (χ1n) is 14.9. The molecule has 1 N–H and O–H groups in total. The Morgan fingerprint density at radius 2 is 1.67 bits per heavy atom. The molecule has 2 bridgehead atoms. The van der Waals surface area contributed by atoms with Crippen LogP contribution in [0.4, 0.5) is 0 Å². The SMILES string of the molecule is CC(=O)N1C[C@H]2CC(c3ccc(OCCOc4cc(C)c(C)cc4Cl)cc3)=C(C(=O)N(C)CCc3ccccc3)[C@@H](C1)N2. The van der Waals surface area contributed by atoms with Gasteiger partial charge in [0.1, 0.15) is 24.7 Å². The average Bonchev–Trinajstić information content (AvgIpc) is 3.00. The number of nitrogens with one attached hydrogen (secondary N) is 1. The molecular formula is C35H40ClN3O4. The summed E-state index contributed by atoms with van der Waals surface area (Å²) in [5.41, 5.74) is 6.22. The number of carbonyl (C=O) groups excluding carboxylic acids is 2. The smallest absolute Gasteiger partial charge is 0.251 e. The highest BCUT2D eigenvalue weighted by atomic mass is 35.5. The van der Waals surface area contributed by atoms with Crippen LogP contribution in [-0.4, -0.2) is 73.6 Å². The van der Waals surface area contributed by atoms with Gasteiger partial charge in [-0.25, -0.2) is 0 Å². The van der Waals surface area contributed by atoms with Crippen LogP contribution in [0, 0.1) is 13.8 Å². The minimum atomic E-state index is -0.219. The summed E-state index contributed by atoms with van der Waals surface area (Å²) in [6.45, 7) is 8.10. The summed E-state index contributed by atoms with van der Waals surface area (Å²) in [7, 11) is 1.86. The number of ether oxygens (including phenoxy) is 2. The number of benzene rings is 3. The average molecular weight is 602 g/mol. The third-order valence-corrected chi connectivity index (χ3v) is 8.66. The number of hydrogen-bond donors (Lipinski definition) is 1. The second-order valence-electron chi connectivity index (χ2n) is 11.5. The Kier molecular flexibility index (Phi) is 9.73. The number of aryl methyl sites for hydroxylation is 2. The van der Waals surface area contributed by atoms with Crippen molar-refractivity contribution < 1.29 is 19.1 Å². The molecule has 0 aliphatic carbocycles. The second kappa shape index (κ2) is 13.7. The summed E-state index contributed by atoms with van der Waals surface area (Å²) in [6.07, 6.45) is 1.44. The van der Waals surface area contributed by atoms with E-state index in [0.717, 1.165) is 40.0 Å². The van der Waals surface area contributed by atoms with Crippen molar-refractivity contribution in [3.05, 3.63) is 99.6 Å². The van der Waals surface area contributed by atoms with E-state index >= 15 is 0 Å². The molecule has 1 saturated heterocycles. The summed E-state index contributed by atoms with van der Waals surface area (Å²) in [5.74, 6) is 1.41. The third kappa shape index (κ3) is 7.40. The van der Waals surface area contributed by atoms with Crippen LogP contribution in [0.2, 0.25) is 5.02 Å². The first-order chi connectivity index (χ1) is 20.7. The summed E-state index contributed by atoms with van der Waals surface area (Å²) < 4.78 is 11.8. The Bertz CT molecular complexity index is 1490. The van der Waals surface area contributed by atoms with E-state index in [0.29, 0.717) is 50.0 Å². The molecule has 0 radical (unpaired) electrons. The maximum Gasteiger partial charge on any atom is 0.251 e. The number of halogens is 1. The number of hydrogen-bond acceptors (Lipinski definition) is 5. The topological polar surface area (TPSA) is 71.1 Å². The van der Waals surface area contributed by atoms with Crippen LogP contribution < -0.4 is 14.8 Å². The van der Waals surface area contributed by atoms with Gasteiger partial charge in [-0.05, 0) is 78.8 Å². The number of fused-ring (bicyclic) bond motifs is 2. The number of piperazine rings is 1. The Morgan fingerprint density at radius 1 is 0.977 bits per heavy atom. The molecule has 2 amide bonds. The predicted molar refractivity (Wildman–Crippen MR) is 171 cm³/mol. The van der Waals surface area contributed by atoms with Crippen LogP contribution in [0.3, 0.4) is 0 Å². The summed E-state index contributed by atoms with van der Waals surface area (Å²) >= 11 is 6.33. The highest BCUT2D eigenvalue weighted by Crippen LogP contribution is 2.35. The molecule has 2 heterocycles. The van der Waals surface area contributed by atoms with Crippen molar-refractivity contribution in [2.75, 3.05) is 39.9 Å². The molecule has 5 rings (SSSR count). The van der Waals surface area contributed by atoms with Crippen molar-refractivity contribution in [3.8, 4) is 11.5 Å². The lowest BCUT2D eigenvalue weighted by Crippen LogP contribution is -2.61. The quantitative estimate of drug-likeness (QED) is 0.313. The summed E-state index contributed by atoms with van der Waals surface area (Å²) in [6, 6.07) is 21.8. The highest BCUT2D eigenvalue weighted by molar-refractivity contribution is 6.32. The lowest BCUT2D eigenvalue weighted by molar-refractivity contribution is -0.132. The molecule has 43 heavy (non-hydrogen) atoms. The van der Waals surface area contributed by atoms with Gasteiger partial charge in [0.15, 0.2) is 0 Å². The Hall–Kier alpha value is -3.81. The number of amides is 2. The normalized spacial score (nSPS) is 17.9. The molecule has 3 aromatic carbocycles. The molecule has 226 valence electrons. The van der Waals surface area contributed by atoms with Gasteiger partial charge in [-0.2, -0.15) is 0 Å². The van der Waals surface area contributed by atoms with Gasteiger partial charge < -0.3 is 24.6 Å². The van der Waals surface area contributed by atoms with Crippen molar-refractivity contribution in [3.63, 3.8) is 0 Å². The lowest BCUT2D eigenvalue weighted by Gasteiger charge is -2.44. The largest absolute Gasteiger partial charge is 0.490 e. The molecular weight excluding hydrogens is 562 g/mol. The van der Waals surface area contributed by atoms with E-state index in [2.05, 4.69) is 17.4 Å². The van der Waals surface area contributed by atoms with Crippen LogP contribution in [0.15, 0.2) is 72.3 Å². The fourth-order valence-corrected chi connectivity index (χ4v) is 6.07. The zero-order chi connectivity index (χ0) is 30.5. The van der Waals surface area contributed by atoms with Gasteiger partial charge in [-0.1, -0.05) is 54.1 Å². The number of nitrogens with zero attached hydrogens (tertiary/aromatic N) is 2. The van der Waals surface area contributed by atoms with Crippen LogP contribution >= 0.6 is 11.6 Å². The maximum atomic E-state index is 14.0. The van der Waals surface area contributed by atoms with Crippen molar-refractivity contribution in [2.24, 2.45) is 0 Å². The van der Waals surface area contributed by atoms with E-state index < -0.39 is 0 Å². The van der Waals surface area contributed by atoms with Crippen molar-refractivity contribution in [1.82, 2.24) is 15.1 Å². The van der Waals surface area contributed by atoms with Gasteiger partial charge in [0, 0.05) is 45.2 Å². The molecule has 2 aliphatic heterocycles. The summed E-state index contributed by atoms with van der Waals surface area (Å²) in [5, 5.41) is 4.21. The van der Waals surface area contributed by atoms with Gasteiger partial charge >= 0.3 is 0 Å². The molecule has 8 heteroatoms.